The molecule has 0 saturated carbocycles. The van der Waals surface area contributed by atoms with E-state index in [0.717, 1.165) is 56.5 Å². The monoisotopic (exact) mass is 418 g/mol. The predicted octanol–water partition coefficient (Wildman–Crippen LogP) is 3.59. The number of thiazole rings is 1. The maximum atomic E-state index is 12.9. The number of nitrogens with zero attached hydrogens (tertiary/aromatic N) is 4. The Morgan fingerprint density at radius 1 is 1.00 bits per heavy atom. The quantitative estimate of drug-likeness (QED) is 0.635. The fourth-order valence-electron chi connectivity index (χ4n) is 4.10. The minimum atomic E-state index is 0.113. The predicted molar refractivity (Wildman–Crippen MR) is 124 cm³/mol. The summed E-state index contributed by atoms with van der Waals surface area (Å²) in [7, 11) is 0. The lowest BCUT2D eigenvalue weighted by atomic mass is 9.99. The average molecular weight is 419 g/mol. The van der Waals surface area contributed by atoms with E-state index in [1.807, 2.05) is 24.3 Å². The topological polar surface area (TPSA) is 39.7 Å². The van der Waals surface area contributed by atoms with Crippen LogP contribution in [0.5, 0.6) is 0 Å². The number of piperazine rings is 1. The molecule has 1 aromatic heterocycles. The Morgan fingerprint density at radius 2 is 1.73 bits per heavy atom. The van der Waals surface area contributed by atoms with E-state index in [0.29, 0.717) is 5.91 Å². The third kappa shape index (κ3) is 4.11. The minimum Gasteiger partial charge on any atom is -0.346 e. The summed E-state index contributed by atoms with van der Waals surface area (Å²) in [6.07, 6.45) is 4.39. The Hall–Kier alpha value is -2.70. The number of benzene rings is 2. The maximum absolute atomic E-state index is 12.9. The van der Waals surface area contributed by atoms with Gasteiger partial charge in [0.05, 0.1) is 16.1 Å². The molecular weight excluding hydrogens is 392 g/mol. The molecule has 3 heterocycles. The summed E-state index contributed by atoms with van der Waals surface area (Å²) in [6, 6.07) is 18.6. The number of hydrogen-bond acceptors (Lipinski definition) is 5. The normalized spacial score (nSPS) is 18.3. The van der Waals surface area contributed by atoms with Gasteiger partial charge >= 0.3 is 0 Å². The third-order valence-corrected chi connectivity index (χ3v) is 7.04. The van der Waals surface area contributed by atoms with Crippen molar-refractivity contribution in [1.29, 1.82) is 0 Å². The highest BCUT2D eigenvalue weighted by molar-refractivity contribution is 7.22. The second-order valence-electron chi connectivity index (χ2n) is 8.01. The number of rotatable bonds is 5. The van der Waals surface area contributed by atoms with E-state index in [1.165, 1.54) is 10.3 Å². The molecule has 5 nitrogen and oxygen atoms in total. The van der Waals surface area contributed by atoms with Gasteiger partial charge in [0.1, 0.15) is 0 Å². The summed E-state index contributed by atoms with van der Waals surface area (Å²) in [5.74, 6) is 0.424. The molecule has 154 valence electrons. The fraction of sp³-hybridized carbons (Fsp3) is 0.333. The van der Waals surface area contributed by atoms with Crippen LogP contribution in [0, 0.1) is 5.92 Å². The van der Waals surface area contributed by atoms with E-state index in [9.17, 15) is 4.79 Å². The second kappa shape index (κ2) is 8.58. The molecule has 2 aromatic carbocycles. The van der Waals surface area contributed by atoms with Gasteiger partial charge in [0.25, 0.3) is 0 Å². The zero-order valence-corrected chi connectivity index (χ0v) is 17.8. The van der Waals surface area contributed by atoms with Crippen LogP contribution >= 0.6 is 11.3 Å². The van der Waals surface area contributed by atoms with Crippen molar-refractivity contribution in [2.75, 3.05) is 50.7 Å². The van der Waals surface area contributed by atoms with E-state index in [1.54, 1.807) is 11.3 Å². The zero-order valence-electron chi connectivity index (χ0n) is 17.0. The molecule has 30 heavy (non-hydrogen) atoms. The van der Waals surface area contributed by atoms with Crippen LogP contribution in [0.2, 0.25) is 0 Å². The Kier molecular flexibility index (Phi) is 5.51. The lowest BCUT2D eigenvalue weighted by molar-refractivity contribution is -0.138. The van der Waals surface area contributed by atoms with Gasteiger partial charge in [-0.15, -0.1) is 0 Å². The van der Waals surface area contributed by atoms with Gasteiger partial charge in [-0.2, -0.15) is 0 Å². The third-order valence-electron chi connectivity index (χ3n) is 5.94. The number of carbonyl (C=O) groups excluding carboxylic acids is 1. The number of para-hydroxylation sites is 1. The molecule has 2 aliphatic rings. The molecule has 2 saturated heterocycles. The Morgan fingerprint density at radius 3 is 2.50 bits per heavy atom. The van der Waals surface area contributed by atoms with Gasteiger partial charge in [-0.1, -0.05) is 66.0 Å². The first kappa shape index (κ1) is 19.3. The molecule has 0 spiro atoms. The molecule has 0 unspecified atom stereocenters. The zero-order chi connectivity index (χ0) is 20.3. The highest BCUT2D eigenvalue weighted by atomic mass is 32.1. The molecule has 5 rings (SSSR count). The van der Waals surface area contributed by atoms with Crippen LogP contribution in [-0.2, 0) is 4.79 Å². The fourth-order valence-corrected chi connectivity index (χ4v) is 5.08. The SMILES string of the molecule is O=C(C1CN(c2nc3ccccc3s2)C1)N1CCN(C/C=C/c2ccccc2)CC1. The smallest absolute Gasteiger partial charge is 0.229 e. The molecule has 2 aliphatic heterocycles. The van der Waals surface area contributed by atoms with Crippen molar-refractivity contribution in [3.05, 3.63) is 66.2 Å². The molecule has 0 aliphatic carbocycles. The first-order valence-electron chi connectivity index (χ1n) is 10.6. The number of anilines is 1. The van der Waals surface area contributed by atoms with E-state index in [-0.39, 0.29) is 5.92 Å². The Bertz CT molecular complexity index is 1000. The van der Waals surface area contributed by atoms with Gasteiger partial charge in [0.2, 0.25) is 5.91 Å². The molecule has 0 N–H and O–H groups in total. The van der Waals surface area contributed by atoms with Crippen molar-refractivity contribution in [3.8, 4) is 0 Å². The van der Waals surface area contributed by atoms with Gasteiger partial charge in [-0.25, -0.2) is 4.98 Å². The number of amides is 1. The van der Waals surface area contributed by atoms with Crippen molar-refractivity contribution in [2.45, 2.75) is 0 Å². The van der Waals surface area contributed by atoms with Crippen molar-refractivity contribution in [3.63, 3.8) is 0 Å². The number of carbonyl (C=O) groups is 1. The summed E-state index contributed by atoms with van der Waals surface area (Å²) in [5.41, 5.74) is 2.28. The standard InChI is InChI=1S/C24H26N4OS/c29-23(20-17-28(18-20)24-25-21-10-4-5-11-22(21)30-24)27-15-13-26(14-16-27)12-6-9-19-7-2-1-3-8-19/h1-11,20H,12-18H2/b9-6+. The van der Waals surface area contributed by atoms with Gasteiger partial charge in [0.15, 0.2) is 5.13 Å². The van der Waals surface area contributed by atoms with Gasteiger partial charge < -0.3 is 9.80 Å². The molecule has 0 radical (unpaired) electrons. The largest absolute Gasteiger partial charge is 0.346 e. The van der Waals surface area contributed by atoms with Gasteiger partial charge in [-0.05, 0) is 17.7 Å². The molecule has 0 bridgehead atoms. The second-order valence-corrected chi connectivity index (χ2v) is 9.01. The lowest BCUT2D eigenvalue weighted by Crippen LogP contribution is -2.58. The Labute approximate surface area is 181 Å². The van der Waals surface area contributed by atoms with E-state index < -0.39 is 0 Å². The number of fused-ring (bicyclic) bond motifs is 1. The number of aromatic nitrogens is 1. The van der Waals surface area contributed by atoms with Crippen LogP contribution in [0.4, 0.5) is 5.13 Å². The number of hydrogen-bond donors (Lipinski definition) is 0. The molecular formula is C24H26N4OS. The summed E-state index contributed by atoms with van der Waals surface area (Å²) in [5, 5.41) is 1.04. The van der Waals surface area contributed by atoms with Gasteiger partial charge in [0, 0.05) is 45.8 Å². The van der Waals surface area contributed by atoms with Crippen molar-refractivity contribution >= 4 is 38.7 Å². The summed E-state index contributed by atoms with van der Waals surface area (Å²) < 4.78 is 1.21. The molecule has 0 atom stereocenters. The molecule has 6 heteroatoms. The van der Waals surface area contributed by atoms with Gasteiger partial charge in [-0.3, -0.25) is 9.69 Å². The van der Waals surface area contributed by atoms with Crippen LogP contribution in [-0.4, -0.2) is 66.5 Å². The summed E-state index contributed by atoms with van der Waals surface area (Å²) in [6.45, 7) is 6.06. The summed E-state index contributed by atoms with van der Waals surface area (Å²) in [4.78, 5) is 24.3. The lowest BCUT2D eigenvalue weighted by Gasteiger charge is -2.42. The van der Waals surface area contributed by atoms with Crippen LogP contribution in [0.1, 0.15) is 5.56 Å². The van der Waals surface area contributed by atoms with E-state index in [4.69, 9.17) is 4.98 Å². The Balaban J connectivity index is 1.08. The summed E-state index contributed by atoms with van der Waals surface area (Å²) >= 11 is 1.71. The van der Waals surface area contributed by atoms with Crippen LogP contribution in [0.25, 0.3) is 16.3 Å². The molecule has 3 aromatic rings. The van der Waals surface area contributed by atoms with Crippen molar-refractivity contribution < 1.29 is 4.79 Å². The molecule has 1 amide bonds. The highest BCUT2D eigenvalue weighted by Crippen LogP contribution is 2.33. The van der Waals surface area contributed by atoms with Crippen LogP contribution < -0.4 is 4.90 Å². The first-order valence-corrected chi connectivity index (χ1v) is 11.4. The van der Waals surface area contributed by atoms with Crippen LogP contribution in [0.3, 0.4) is 0 Å². The van der Waals surface area contributed by atoms with Crippen molar-refractivity contribution in [1.82, 2.24) is 14.8 Å². The van der Waals surface area contributed by atoms with Crippen LogP contribution in [0.15, 0.2) is 60.7 Å². The molecule has 2 fully saturated rings. The van der Waals surface area contributed by atoms with E-state index in [2.05, 4.69) is 57.2 Å². The average Bonchev–Trinajstić information content (AvgIpc) is 3.17. The highest BCUT2D eigenvalue weighted by Gasteiger charge is 2.37. The maximum Gasteiger partial charge on any atom is 0.229 e. The first-order chi connectivity index (χ1) is 14.8. The minimum absolute atomic E-state index is 0.113. The van der Waals surface area contributed by atoms with Crippen molar-refractivity contribution in [2.24, 2.45) is 5.92 Å². The van der Waals surface area contributed by atoms with E-state index >= 15 is 0 Å².